The first kappa shape index (κ1) is 16.7. The maximum atomic E-state index is 12.0. The lowest BCUT2D eigenvalue weighted by atomic mass is 10.3. The van der Waals surface area contributed by atoms with Gasteiger partial charge >= 0.3 is 0 Å². The van der Waals surface area contributed by atoms with Gasteiger partial charge in [0.2, 0.25) is 15.9 Å². The normalized spacial score (nSPS) is 13.9. The second-order valence-corrected chi connectivity index (χ2v) is 6.51. The predicted molar refractivity (Wildman–Crippen MR) is 69.3 cm³/mol. The Morgan fingerprint density at radius 2 is 2.06 bits per heavy atom. The molecule has 0 heterocycles. The second-order valence-electron chi connectivity index (χ2n) is 4.19. The molecule has 0 saturated carbocycles. The van der Waals surface area contributed by atoms with E-state index in [0.717, 1.165) is 10.7 Å². The van der Waals surface area contributed by atoms with Crippen molar-refractivity contribution in [1.29, 1.82) is 0 Å². The average molecular weight is 285 g/mol. The zero-order valence-electron chi connectivity index (χ0n) is 10.4. The van der Waals surface area contributed by atoms with Crippen molar-refractivity contribution in [3.63, 3.8) is 0 Å². The molecule has 0 saturated heterocycles. The molecule has 0 aromatic rings. The van der Waals surface area contributed by atoms with E-state index in [1.165, 1.54) is 0 Å². The molecule has 1 unspecified atom stereocenters. The van der Waals surface area contributed by atoms with Crippen molar-refractivity contribution >= 4 is 27.5 Å². The van der Waals surface area contributed by atoms with Crippen LogP contribution in [0, 0.1) is 5.92 Å². The van der Waals surface area contributed by atoms with Crippen LogP contribution in [-0.4, -0.2) is 43.4 Å². The summed E-state index contributed by atoms with van der Waals surface area (Å²) < 4.78 is 25.2. The van der Waals surface area contributed by atoms with Gasteiger partial charge in [0.25, 0.3) is 0 Å². The summed E-state index contributed by atoms with van der Waals surface area (Å²) in [4.78, 5) is 10.9. The molecule has 0 aliphatic carbocycles. The van der Waals surface area contributed by atoms with Crippen LogP contribution >= 0.6 is 11.6 Å². The van der Waals surface area contributed by atoms with Crippen LogP contribution in [0.15, 0.2) is 0 Å². The van der Waals surface area contributed by atoms with Crippen LogP contribution in [-0.2, 0) is 14.8 Å². The quantitative estimate of drug-likeness (QED) is 0.635. The Labute approximate surface area is 108 Å². The van der Waals surface area contributed by atoms with E-state index in [0.29, 0.717) is 13.0 Å². The van der Waals surface area contributed by atoms with Gasteiger partial charge in [-0.05, 0) is 12.3 Å². The van der Waals surface area contributed by atoms with Gasteiger partial charge in [-0.3, -0.25) is 4.79 Å². The van der Waals surface area contributed by atoms with E-state index in [9.17, 15) is 13.2 Å². The van der Waals surface area contributed by atoms with Crippen molar-refractivity contribution in [2.75, 3.05) is 24.7 Å². The van der Waals surface area contributed by atoms with Crippen LogP contribution in [0.5, 0.6) is 0 Å². The van der Waals surface area contributed by atoms with Crippen molar-refractivity contribution in [2.45, 2.75) is 26.7 Å². The van der Waals surface area contributed by atoms with Crippen molar-refractivity contribution in [2.24, 2.45) is 11.7 Å². The summed E-state index contributed by atoms with van der Waals surface area (Å²) in [5.74, 6) is -0.549. The number of nitrogens with two attached hydrogens (primary N) is 1. The van der Waals surface area contributed by atoms with Gasteiger partial charge in [-0.1, -0.05) is 20.3 Å². The van der Waals surface area contributed by atoms with Crippen molar-refractivity contribution in [3.8, 4) is 0 Å². The summed E-state index contributed by atoms with van der Waals surface area (Å²) in [5.41, 5.74) is 5.05. The van der Waals surface area contributed by atoms with Crippen molar-refractivity contribution < 1.29 is 13.2 Å². The van der Waals surface area contributed by atoms with Crippen LogP contribution < -0.4 is 5.73 Å². The number of nitrogens with zero attached hydrogens (tertiary/aromatic N) is 1. The molecular formula is C10H21ClN2O3S. The van der Waals surface area contributed by atoms with E-state index >= 15 is 0 Å². The summed E-state index contributed by atoms with van der Waals surface area (Å²) >= 11 is 5.60. The summed E-state index contributed by atoms with van der Waals surface area (Å²) in [6.45, 7) is 3.79. The predicted octanol–water partition coefficient (Wildman–Crippen LogP) is 0.779. The van der Waals surface area contributed by atoms with Crippen molar-refractivity contribution in [1.82, 2.24) is 4.31 Å². The lowest BCUT2D eigenvalue weighted by molar-refractivity contribution is -0.118. The lowest BCUT2D eigenvalue weighted by Gasteiger charge is -2.21. The molecule has 17 heavy (non-hydrogen) atoms. The maximum Gasteiger partial charge on any atom is 0.232 e. The number of carbonyl (C=O) groups excluding carboxylic acids is 1. The van der Waals surface area contributed by atoms with Crippen molar-refractivity contribution in [3.05, 3.63) is 0 Å². The van der Waals surface area contributed by atoms with E-state index in [-0.39, 0.29) is 24.1 Å². The fourth-order valence-electron chi connectivity index (χ4n) is 1.33. The number of halogens is 1. The number of carbonyl (C=O) groups is 1. The SMILES string of the molecule is CCCCN(CC(N)=O)S(=O)(=O)CC(C)CCl. The molecule has 0 radical (unpaired) electrons. The fraction of sp³-hybridized carbons (Fsp3) is 0.900. The molecule has 5 nitrogen and oxygen atoms in total. The summed E-state index contributed by atoms with van der Waals surface area (Å²) in [6, 6.07) is 0. The standard InChI is InChI=1S/C10H21ClN2O3S/c1-3-4-5-13(7-10(12)14)17(15,16)8-9(2)6-11/h9H,3-8H2,1-2H3,(H2,12,14). The molecule has 0 aromatic heterocycles. The van der Waals surface area contributed by atoms with Crippen LogP contribution in [0.3, 0.4) is 0 Å². The number of amides is 1. The molecule has 0 aliphatic rings. The minimum atomic E-state index is -3.45. The van der Waals surface area contributed by atoms with Gasteiger partial charge < -0.3 is 5.73 Å². The zero-order valence-corrected chi connectivity index (χ0v) is 11.9. The third-order valence-corrected chi connectivity index (χ3v) is 4.86. The minimum absolute atomic E-state index is 0.0481. The van der Waals surface area contributed by atoms with E-state index in [4.69, 9.17) is 17.3 Å². The van der Waals surface area contributed by atoms with Gasteiger partial charge in [0.15, 0.2) is 0 Å². The molecule has 102 valence electrons. The first-order valence-corrected chi connectivity index (χ1v) is 7.80. The summed E-state index contributed by atoms with van der Waals surface area (Å²) in [5, 5.41) is 0. The number of primary amides is 1. The smallest absolute Gasteiger partial charge is 0.232 e. The molecule has 1 atom stereocenters. The Hall–Kier alpha value is -0.330. The molecule has 0 rings (SSSR count). The first-order valence-electron chi connectivity index (χ1n) is 5.65. The van der Waals surface area contributed by atoms with E-state index < -0.39 is 15.9 Å². The largest absolute Gasteiger partial charge is 0.369 e. The number of hydrogen-bond acceptors (Lipinski definition) is 3. The summed E-state index contributed by atoms with van der Waals surface area (Å²) in [6.07, 6.45) is 1.57. The number of rotatable bonds is 9. The molecule has 7 heteroatoms. The molecule has 0 fully saturated rings. The molecule has 0 spiro atoms. The minimum Gasteiger partial charge on any atom is -0.369 e. The van der Waals surface area contributed by atoms with Gasteiger partial charge in [0, 0.05) is 12.4 Å². The third-order valence-electron chi connectivity index (χ3n) is 2.25. The number of hydrogen-bond donors (Lipinski definition) is 1. The van der Waals surface area contributed by atoms with Gasteiger partial charge in [-0.15, -0.1) is 11.6 Å². The van der Waals surface area contributed by atoms with Gasteiger partial charge in [0.1, 0.15) is 0 Å². The van der Waals surface area contributed by atoms with Gasteiger partial charge in [-0.25, -0.2) is 8.42 Å². The molecule has 0 bridgehead atoms. The lowest BCUT2D eigenvalue weighted by Crippen LogP contribution is -2.41. The second kappa shape index (κ2) is 7.89. The molecular weight excluding hydrogens is 264 g/mol. The molecule has 1 amide bonds. The highest BCUT2D eigenvalue weighted by molar-refractivity contribution is 7.89. The summed E-state index contributed by atoms with van der Waals surface area (Å²) in [7, 11) is -3.45. The van der Waals surface area contributed by atoms with Crippen LogP contribution in [0.1, 0.15) is 26.7 Å². The van der Waals surface area contributed by atoms with Gasteiger partial charge in [0.05, 0.1) is 12.3 Å². The molecule has 2 N–H and O–H groups in total. The number of unbranched alkanes of at least 4 members (excludes halogenated alkanes) is 1. The van der Waals surface area contributed by atoms with Gasteiger partial charge in [-0.2, -0.15) is 4.31 Å². The topological polar surface area (TPSA) is 80.5 Å². The Morgan fingerprint density at radius 3 is 2.47 bits per heavy atom. The zero-order chi connectivity index (χ0) is 13.5. The monoisotopic (exact) mass is 284 g/mol. The highest BCUT2D eigenvalue weighted by atomic mass is 35.5. The first-order chi connectivity index (χ1) is 7.83. The molecule has 0 aliphatic heterocycles. The van der Waals surface area contributed by atoms with Crippen LogP contribution in [0.4, 0.5) is 0 Å². The highest BCUT2D eigenvalue weighted by Crippen LogP contribution is 2.10. The average Bonchev–Trinajstić information content (AvgIpc) is 2.22. The maximum absolute atomic E-state index is 12.0. The van der Waals surface area contributed by atoms with E-state index in [1.807, 2.05) is 6.92 Å². The van der Waals surface area contributed by atoms with E-state index in [1.54, 1.807) is 6.92 Å². The Bertz CT molecular complexity index is 332. The fourth-order valence-corrected chi connectivity index (χ4v) is 3.35. The Kier molecular flexibility index (Phi) is 7.74. The van der Waals surface area contributed by atoms with Crippen LogP contribution in [0.25, 0.3) is 0 Å². The number of alkyl halides is 1. The third kappa shape index (κ3) is 6.85. The highest BCUT2D eigenvalue weighted by Gasteiger charge is 2.25. The van der Waals surface area contributed by atoms with Crippen LogP contribution in [0.2, 0.25) is 0 Å². The Morgan fingerprint density at radius 1 is 1.47 bits per heavy atom. The van der Waals surface area contributed by atoms with E-state index in [2.05, 4.69) is 0 Å². The molecule has 0 aromatic carbocycles. The number of sulfonamides is 1. The Balaban J connectivity index is 4.69.